The maximum atomic E-state index is 12.8. The summed E-state index contributed by atoms with van der Waals surface area (Å²) >= 11 is 0. The van der Waals surface area contributed by atoms with Crippen LogP contribution in [0, 0.1) is 27.7 Å². The Hall–Kier alpha value is -2.56. The number of H-pyrrole nitrogens is 1. The van der Waals surface area contributed by atoms with Crippen molar-refractivity contribution in [2.75, 3.05) is 12.4 Å². The van der Waals surface area contributed by atoms with Gasteiger partial charge in [0.15, 0.2) is 0 Å². The number of hydrogen-bond donors (Lipinski definition) is 2. The van der Waals surface area contributed by atoms with Crippen LogP contribution in [0.4, 0.5) is 5.69 Å². The second-order valence-electron chi connectivity index (χ2n) is 6.22. The lowest BCUT2D eigenvalue weighted by Gasteiger charge is -2.15. The van der Waals surface area contributed by atoms with Crippen LogP contribution < -0.4 is 5.32 Å². The summed E-state index contributed by atoms with van der Waals surface area (Å²) in [6.45, 7) is 9.37. The first-order chi connectivity index (χ1) is 11.2. The molecule has 0 unspecified atom stereocenters. The maximum absolute atomic E-state index is 12.8. The van der Waals surface area contributed by atoms with Gasteiger partial charge in [0, 0.05) is 11.4 Å². The Morgan fingerprint density at radius 3 is 2.21 bits per heavy atom. The molecule has 1 atom stereocenters. The first-order valence-corrected chi connectivity index (χ1v) is 7.91. The predicted molar refractivity (Wildman–Crippen MR) is 94.9 cm³/mol. The van der Waals surface area contributed by atoms with E-state index in [1.165, 1.54) is 7.11 Å². The molecule has 5 heteroatoms. The van der Waals surface area contributed by atoms with Gasteiger partial charge in [-0.3, -0.25) is 4.79 Å². The molecule has 5 nitrogen and oxygen atoms in total. The number of ketones is 1. The van der Waals surface area contributed by atoms with E-state index in [1.54, 1.807) is 13.8 Å². The molecule has 0 amide bonds. The lowest BCUT2D eigenvalue weighted by atomic mass is 10.0. The summed E-state index contributed by atoms with van der Waals surface area (Å²) in [5, 5.41) is 3.24. The van der Waals surface area contributed by atoms with E-state index < -0.39 is 12.0 Å². The number of aromatic nitrogens is 1. The first-order valence-electron chi connectivity index (χ1n) is 7.91. The number of nitrogens with one attached hydrogen (secondary N) is 2. The third-order valence-corrected chi connectivity index (χ3v) is 4.07. The molecule has 0 fully saturated rings. The standard InChI is InChI=1S/C19H24N2O3/c1-10-7-11(2)9-15(8-10)20-14(5)18(22)17-12(3)16(13(4)21-17)19(23)24-6/h7-9,14,20-21H,1-6H3/t14-/m1/s1. The van der Waals surface area contributed by atoms with Gasteiger partial charge < -0.3 is 15.0 Å². The molecule has 2 N–H and O–H groups in total. The van der Waals surface area contributed by atoms with Gasteiger partial charge in [0.05, 0.1) is 24.4 Å². The minimum absolute atomic E-state index is 0.0927. The van der Waals surface area contributed by atoms with Crippen LogP contribution in [0.1, 0.15) is 50.2 Å². The number of Topliss-reactive ketones (excluding diaryl/α,β-unsaturated/α-hetero) is 1. The topological polar surface area (TPSA) is 71.2 Å². The highest BCUT2D eigenvalue weighted by Crippen LogP contribution is 2.21. The van der Waals surface area contributed by atoms with Gasteiger partial charge in [0.2, 0.25) is 5.78 Å². The Balaban J connectivity index is 2.26. The number of aromatic amines is 1. The third kappa shape index (κ3) is 3.50. The Morgan fingerprint density at radius 1 is 1.08 bits per heavy atom. The molecule has 0 spiro atoms. The predicted octanol–water partition coefficient (Wildman–Crippen LogP) is 3.72. The average Bonchev–Trinajstić information content (AvgIpc) is 2.79. The molecule has 0 radical (unpaired) electrons. The van der Waals surface area contributed by atoms with Gasteiger partial charge in [-0.05, 0) is 63.4 Å². The van der Waals surface area contributed by atoms with Gasteiger partial charge in [-0.15, -0.1) is 0 Å². The number of esters is 1. The highest BCUT2D eigenvalue weighted by Gasteiger charge is 2.25. The summed E-state index contributed by atoms with van der Waals surface area (Å²) in [4.78, 5) is 27.7. The molecule has 2 aromatic rings. The molecule has 0 saturated carbocycles. The van der Waals surface area contributed by atoms with Crippen LogP contribution in [0.5, 0.6) is 0 Å². The normalized spacial score (nSPS) is 11.9. The third-order valence-electron chi connectivity index (χ3n) is 4.07. The van der Waals surface area contributed by atoms with Gasteiger partial charge >= 0.3 is 5.97 Å². The molecule has 0 aliphatic heterocycles. The number of ether oxygens (including phenoxy) is 1. The van der Waals surface area contributed by atoms with E-state index in [1.807, 2.05) is 32.9 Å². The van der Waals surface area contributed by atoms with Crippen LogP contribution in [0.2, 0.25) is 0 Å². The van der Waals surface area contributed by atoms with Crippen molar-refractivity contribution in [3.63, 3.8) is 0 Å². The SMILES string of the molecule is COC(=O)c1c(C)[nH]c(C(=O)[C@@H](C)Nc2cc(C)cc(C)c2)c1C. The van der Waals surface area contributed by atoms with E-state index in [2.05, 4.69) is 16.4 Å². The van der Waals surface area contributed by atoms with E-state index in [0.717, 1.165) is 16.8 Å². The minimum atomic E-state index is -0.435. The van der Waals surface area contributed by atoms with Crippen molar-refractivity contribution in [2.45, 2.75) is 40.7 Å². The van der Waals surface area contributed by atoms with Crippen LogP contribution in [0.25, 0.3) is 0 Å². The van der Waals surface area contributed by atoms with E-state index in [0.29, 0.717) is 22.5 Å². The van der Waals surface area contributed by atoms with Crippen molar-refractivity contribution >= 4 is 17.4 Å². The number of carbonyl (C=O) groups excluding carboxylic acids is 2. The van der Waals surface area contributed by atoms with Crippen LogP contribution in [-0.4, -0.2) is 29.9 Å². The first kappa shape index (κ1) is 17.8. The van der Waals surface area contributed by atoms with Crippen molar-refractivity contribution in [1.82, 2.24) is 4.98 Å². The minimum Gasteiger partial charge on any atom is -0.465 e. The van der Waals surface area contributed by atoms with Gasteiger partial charge in [-0.25, -0.2) is 4.79 Å². The largest absolute Gasteiger partial charge is 0.465 e. The molecule has 0 saturated heterocycles. The monoisotopic (exact) mass is 328 g/mol. The molecule has 24 heavy (non-hydrogen) atoms. The van der Waals surface area contributed by atoms with Gasteiger partial charge in [-0.2, -0.15) is 0 Å². The fraction of sp³-hybridized carbons (Fsp3) is 0.368. The summed E-state index contributed by atoms with van der Waals surface area (Å²) in [7, 11) is 1.33. The van der Waals surface area contributed by atoms with E-state index in [9.17, 15) is 9.59 Å². The summed E-state index contributed by atoms with van der Waals surface area (Å²) in [5.41, 5.74) is 5.31. The molecule has 1 aromatic carbocycles. The Morgan fingerprint density at radius 2 is 1.67 bits per heavy atom. The number of methoxy groups -OCH3 is 1. The summed E-state index contributed by atoms with van der Waals surface area (Å²) in [6, 6.07) is 5.67. The molecule has 2 rings (SSSR count). The highest BCUT2D eigenvalue weighted by atomic mass is 16.5. The second kappa shape index (κ2) is 6.91. The molecule has 1 aromatic heterocycles. The zero-order valence-corrected chi connectivity index (χ0v) is 15.0. The van der Waals surface area contributed by atoms with Gasteiger partial charge in [0.1, 0.15) is 0 Å². The van der Waals surface area contributed by atoms with Gasteiger partial charge in [-0.1, -0.05) is 6.07 Å². The average molecular weight is 328 g/mol. The molecular formula is C19H24N2O3. The number of benzene rings is 1. The Labute approximate surface area is 142 Å². The highest BCUT2D eigenvalue weighted by molar-refractivity contribution is 6.04. The van der Waals surface area contributed by atoms with Crippen molar-refractivity contribution in [3.8, 4) is 0 Å². The fourth-order valence-electron chi connectivity index (χ4n) is 2.99. The Kier molecular flexibility index (Phi) is 5.12. The van der Waals surface area contributed by atoms with Crippen molar-refractivity contribution < 1.29 is 14.3 Å². The lowest BCUT2D eigenvalue weighted by molar-refractivity contribution is 0.0599. The molecule has 0 aliphatic rings. The number of carbonyl (C=O) groups is 2. The molecule has 1 heterocycles. The quantitative estimate of drug-likeness (QED) is 0.648. The maximum Gasteiger partial charge on any atom is 0.339 e. The van der Waals surface area contributed by atoms with Gasteiger partial charge in [0.25, 0.3) is 0 Å². The lowest BCUT2D eigenvalue weighted by Crippen LogP contribution is -2.27. The van der Waals surface area contributed by atoms with Crippen molar-refractivity contribution in [3.05, 3.63) is 51.8 Å². The van der Waals surface area contributed by atoms with E-state index >= 15 is 0 Å². The summed E-state index contributed by atoms with van der Waals surface area (Å²) in [6.07, 6.45) is 0. The number of aryl methyl sites for hydroxylation is 3. The van der Waals surface area contributed by atoms with Crippen LogP contribution >= 0.6 is 0 Å². The zero-order chi connectivity index (χ0) is 18.0. The molecular weight excluding hydrogens is 304 g/mol. The van der Waals surface area contributed by atoms with E-state index in [4.69, 9.17) is 4.74 Å². The smallest absolute Gasteiger partial charge is 0.339 e. The number of hydrogen-bond acceptors (Lipinski definition) is 4. The van der Waals surface area contributed by atoms with Crippen LogP contribution in [0.3, 0.4) is 0 Å². The van der Waals surface area contributed by atoms with Crippen LogP contribution in [-0.2, 0) is 4.74 Å². The molecule has 0 bridgehead atoms. The summed E-state index contributed by atoms with van der Waals surface area (Å²) < 4.78 is 4.79. The molecule has 128 valence electrons. The number of anilines is 1. The van der Waals surface area contributed by atoms with Crippen molar-refractivity contribution in [1.29, 1.82) is 0 Å². The summed E-state index contributed by atoms with van der Waals surface area (Å²) in [5.74, 6) is -0.528. The second-order valence-corrected chi connectivity index (χ2v) is 6.22. The fourth-order valence-corrected chi connectivity index (χ4v) is 2.99. The van der Waals surface area contributed by atoms with Crippen LogP contribution in [0.15, 0.2) is 18.2 Å². The number of rotatable bonds is 5. The molecule has 0 aliphatic carbocycles. The Bertz CT molecular complexity index is 770. The zero-order valence-electron chi connectivity index (χ0n) is 15.0. The van der Waals surface area contributed by atoms with Crippen molar-refractivity contribution in [2.24, 2.45) is 0 Å². The van der Waals surface area contributed by atoms with E-state index in [-0.39, 0.29) is 5.78 Å².